The number of nitrogens with zero attached hydrogens (tertiary/aromatic N) is 1. The summed E-state index contributed by atoms with van der Waals surface area (Å²) in [5, 5.41) is 0. The Bertz CT molecular complexity index is 484. The van der Waals surface area contributed by atoms with Crippen molar-refractivity contribution < 1.29 is 4.79 Å². The number of hydrogen-bond donors (Lipinski definition) is 2. The Hall–Kier alpha value is -1.46. The van der Waals surface area contributed by atoms with Gasteiger partial charge in [0, 0.05) is 18.9 Å². The lowest BCUT2D eigenvalue weighted by Crippen LogP contribution is -2.39. The Balaban J connectivity index is 2.02. The fraction of sp³-hybridized carbons (Fsp3) is 0.500. The molecule has 1 aromatic carbocycles. The van der Waals surface area contributed by atoms with E-state index in [1.165, 1.54) is 5.56 Å². The average Bonchev–Trinajstić information content (AvgIpc) is 2.46. The van der Waals surface area contributed by atoms with Crippen LogP contribution in [0.5, 0.6) is 0 Å². The van der Waals surface area contributed by atoms with Gasteiger partial charge in [-0.25, -0.2) is 0 Å². The molecule has 1 heterocycles. The SMILES string of the molecule is NC(=O)CC1CCN(C(CC(N)=S)c2ccccc2)CC1. The Labute approximate surface area is 131 Å². The van der Waals surface area contributed by atoms with E-state index in [2.05, 4.69) is 17.0 Å². The summed E-state index contributed by atoms with van der Waals surface area (Å²) in [6.07, 6.45) is 3.20. The van der Waals surface area contributed by atoms with Crippen molar-refractivity contribution in [3.63, 3.8) is 0 Å². The van der Waals surface area contributed by atoms with Crippen molar-refractivity contribution >= 4 is 23.1 Å². The van der Waals surface area contributed by atoms with Gasteiger partial charge in [0.15, 0.2) is 0 Å². The number of benzene rings is 1. The molecular formula is C16H23N3OS. The molecule has 2 rings (SSSR count). The van der Waals surface area contributed by atoms with Crippen LogP contribution in [-0.4, -0.2) is 28.9 Å². The first-order chi connectivity index (χ1) is 10.1. The second kappa shape index (κ2) is 7.52. The van der Waals surface area contributed by atoms with Gasteiger partial charge in [0.2, 0.25) is 5.91 Å². The van der Waals surface area contributed by atoms with Gasteiger partial charge in [-0.2, -0.15) is 0 Å². The fourth-order valence-corrected chi connectivity index (χ4v) is 3.23. The van der Waals surface area contributed by atoms with Crippen LogP contribution in [0, 0.1) is 5.92 Å². The summed E-state index contributed by atoms with van der Waals surface area (Å²) in [5.41, 5.74) is 12.3. The van der Waals surface area contributed by atoms with E-state index in [9.17, 15) is 4.79 Å². The molecule has 1 saturated heterocycles. The molecule has 0 saturated carbocycles. The number of carbonyl (C=O) groups is 1. The van der Waals surface area contributed by atoms with Crippen molar-refractivity contribution in [2.45, 2.75) is 31.7 Å². The van der Waals surface area contributed by atoms with Gasteiger partial charge in [0.05, 0.1) is 4.99 Å². The number of rotatable bonds is 6. The van der Waals surface area contributed by atoms with Crippen LogP contribution < -0.4 is 11.5 Å². The van der Waals surface area contributed by atoms with Crippen LogP contribution in [-0.2, 0) is 4.79 Å². The highest BCUT2D eigenvalue weighted by Gasteiger charge is 2.27. The standard InChI is InChI=1S/C16H23N3OS/c17-15(20)10-12-6-8-19(9-7-12)14(11-16(18)21)13-4-2-1-3-5-13/h1-5,12,14H,6-11H2,(H2,17,20)(H2,18,21). The van der Waals surface area contributed by atoms with Gasteiger partial charge in [0.25, 0.3) is 0 Å². The number of primary amides is 1. The molecule has 0 radical (unpaired) electrons. The summed E-state index contributed by atoms with van der Waals surface area (Å²) < 4.78 is 0. The first-order valence-electron chi connectivity index (χ1n) is 7.42. The van der Waals surface area contributed by atoms with Crippen LogP contribution in [0.1, 0.15) is 37.3 Å². The molecule has 114 valence electrons. The Morgan fingerprint density at radius 1 is 1.24 bits per heavy atom. The lowest BCUT2D eigenvalue weighted by atomic mass is 9.91. The number of likely N-dealkylation sites (tertiary alicyclic amines) is 1. The zero-order chi connectivity index (χ0) is 15.2. The smallest absolute Gasteiger partial charge is 0.217 e. The number of hydrogen-bond acceptors (Lipinski definition) is 3. The van der Waals surface area contributed by atoms with Gasteiger partial charge in [-0.1, -0.05) is 42.5 Å². The van der Waals surface area contributed by atoms with E-state index in [1.807, 2.05) is 18.2 Å². The van der Waals surface area contributed by atoms with Gasteiger partial charge in [0.1, 0.15) is 0 Å². The highest BCUT2D eigenvalue weighted by Crippen LogP contribution is 2.30. The molecule has 5 heteroatoms. The zero-order valence-electron chi connectivity index (χ0n) is 12.2. The lowest BCUT2D eigenvalue weighted by Gasteiger charge is -2.37. The van der Waals surface area contributed by atoms with E-state index in [4.69, 9.17) is 23.7 Å². The Morgan fingerprint density at radius 2 is 1.86 bits per heavy atom. The van der Waals surface area contributed by atoms with Crippen molar-refractivity contribution in [3.8, 4) is 0 Å². The van der Waals surface area contributed by atoms with E-state index in [1.54, 1.807) is 0 Å². The van der Waals surface area contributed by atoms with Crippen LogP contribution in [0.4, 0.5) is 0 Å². The maximum atomic E-state index is 11.0. The molecule has 0 spiro atoms. The normalized spacial score (nSPS) is 18.3. The molecule has 1 aromatic rings. The van der Waals surface area contributed by atoms with Crippen LogP contribution in [0.2, 0.25) is 0 Å². The molecule has 4 nitrogen and oxygen atoms in total. The van der Waals surface area contributed by atoms with Crippen LogP contribution in [0.25, 0.3) is 0 Å². The van der Waals surface area contributed by atoms with Crippen LogP contribution in [0.15, 0.2) is 30.3 Å². The predicted octanol–water partition coefficient (Wildman–Crippen LogP) is 1.99. The molecule has 1 amide bonds. The number of carbonyl (C=O) groups excluding carboxylic acids is 1. The number of nitrogens with two attached hydrogens (primary N) is 2. The van der Waals surface area contributed by atoms with Crippen molar-refractivity contribution in [1.82, 2.24) is 4.90 Å². The second-order valence-electron chi connectivity index (χ2n) is 5.75. The van der Waals surface area contributed by atoms with E-state index >= 15 is 0 Å². The average molecular weight is 305 g/mol. The molecule has 1 aliphatic heterocycles. The third kappa shape index (κ3) is 4.79. The summed E-state index contributed by atoms with van der Waals surface area (Å²) in [6, 6.07) is 10.6. The summed E-state index contributed by atoms with van der Waals surface area (Å²) >= 11 is 5.11. The van der Waals surface area contributed by atoms with E-state index in [-0.39, 0.29) is 11.9 Å². The quantitative estimate of drug-likeness (QED) is 0.788. The van der Waals surface area contributed by atoms with Gasteiger partial charge in [-0.15, -0.1) is 0 Å². The predicted molar refractivity (Wildman–Crippen MR) is 88.7 cm³/mol. The molecule has 1 aliphatic rings. The van der Waals surface area contributed by atoms with Crippen LogP contribution in [0.3, 0.4) is 0 Å². The Morgan fingerprint density at radius 3 is 2.38 bits per heavy atom. The molecule has 1 fully saturated rings. The first kappa shape index (κ1) is 15.9. The molecule has 4 N–H and O–H groups in total. The molecular weight excluding hydrogens is 282 g/mol. The van der Waals surface area contributed by atoms with E-state index in [0.717, 1.165) is 25.9 Å². The Kier molecular flexibility index (Phi) is 5.70. The zero-order valence-corrected chi connectivity index (χ0v) is 13.0. The number of thiocarbonyl (C=S) groups is 1. The van der Waals surface area contributed by atoms with E-state index in [0.29, 0.717) is 23.7 Å². The summed E-state index contributed by atoms with van der Waals surface area (Å²) in [7, 11) is 0. The van der Waals surface area contributed by atoms with Crippen LogP contribution >= 0.6 is 12.2 Å². The summed E-state index contributed by atoms with van der Waals surface area (Å²) in [4.78, 5) is 14.0. The second-order valence-corrected chi connectivity index (χ2v) is 6.27. The lowest BCUT2D eigenvalue weighted by molar-refractivity contribution is -0.119. The third-order valence-electron chi connectivity index (χ3n) is 4.16. The summed E-state index contributed by atoms with van der Waals surface area (Å²) in [5.74, 6) is 0.219. The minimum atomic E-state index is -0.198. The highest BCUT2D eigenvalue weighted by atomic mass is 32.1. The largest absolute Gasteiger partial charge is 0.393 e. The summed E-state index contributed by atoms with van der Waals surface area (Å²) in [6.45, 7) is 1.92. The fourth-order valence-electron chi connectivity index (χ4n) is 3.08. The molecule has 1 unspecified atom stereocenters. The van der Waals surface area contributed by atoms with Crippen molar-refractivity contribution in [1.29, 1.82) is 0 Å². The van der Waals surface area contributed by atoms with Crippen molar-refractivity contribution in [3.05, 3.63) is 35.9 Å². The van der Waals surface area contributed by atoms with Gasteiger partial charge in [-0.05, 0) is 37.4 Å². The van der Waals surface area contributed by atoms with Gasteiger partial charge >= 0.3 is 0 Å². The number of piperidine rings is 1. The monoisotopic (exact) mass is 305 g/mol. The van der Waals surface area contributed by atoms with E-state index < -0.39 is 0 Å². The molecule has 0 bridgehead atoms. The molecule has 21 heavy (non-hydrogen) atoms. The van der Waals surface area contributed by atoms with Crippen molar-refractivity contribution in [2.75, 3.05) is 13.1 Å². The molecule has 0 aromatic heterocycles. The van der Waals surface area contributed by atoms with Gasteiger partial charge in [-0.3, -0.25) is 9.69 Å². The van der Waals surface area contributed by atoms with Crippen molar-refractivity contribution in [2.24, 2.45) is 17.4 Å². The topological polar surface area (TPSA) is 72.4 Å². The minimum Gasteiger partial charge on any atom is -0.393 e. The molecule has 1 atom stereocenters. The first-order valence-corrected chi connectivity index (χ1v) is 7.82. The minimum absolute atomic E-state index is 0.198. The van der Waals surface area contributed by atoms with Gasteiger partial charge < -0.3 is 11.5 Å². The maximum absolute atomic E-state index is 11.0. The highest BCUT2D eigenvalue weighted by molar-refractivity contribution is 7.80. The number of amides is 1. The third-order valence-corrected chi connectivity index (χ3v) is 4.33. The molecule has 0 aliphatic carbocycles. The maximum Gasteiger partial charge on any atom is 0.217 e.